The molecule has 1 N–H and O–H groups in total. The lowest BCUT2D eigenvalue weighted by atomic mass is 9.83. The van der Waals surface area contributed by atoms with Crippen LogP contribution in [0.4, 0.5) is 10.1 Å². The molecule has 0 bridgehead atoms. The summed E-state index contributed by atoms with van der Waals surface area (Å²) in [5, 5.41) is 3.57. The first-order valence-electron chi connectivity index (χ1n) is 7.43. The lowest BCUT2D eigenvalue weighted by Crippen LogP contribution is -2.31. The van der Waals surface area contributed by atoms with Gasteiger partial charge in [0.15, 0.2) is 0 Å². The second-order valence-electron chi connectivity index (χ2n) is 5.28. The number of nitrogens with one attached hydrogen (secondary N) is 1. The summed E-state index contributed by atoms with van der Waals surface area (Å²) >= 11 is 0. The molecule has 0 aliphatic heterocycles. The van der Waals surface area contributed by atoms with E-state index in [9.17, 15) is 4.39 Å². The van der Waals surface area contributed by atoms with Gasteiger partial charge in [0, 0.05) is 12.1 Å². The fourth-order valence-electron chi connectivity index (χ4n) is 2.98. The Labute approximate surface area is 115 Å². The van der Waals surface area contributed by atoms with E-state index >= 15 is 0 Å². The summed E-state index contributed by atoms with van der Waals surface area (Å²) in [6.07, 6.45) is 6.29. The van der Waals surface area contributed by atoms with Gasteiger partial charge in [-0.2, -0.15) is 0 Å². The second kappa shape index (κ2) is 6.78. The van der Waals surface area contributed by atoms with Crippen LogP contribution >= 0.6 is 0 Å². The molecular weight excluding hydrogens is 241 g/mol. The van der Waals surface area contributed by atoms with Gasteiger partial charge in [-0.1, -0.05) is 26.2 Å². The molecule has 0 radical (unpaired) electrons. The minimum atomic E-state index is -0.246. The monoisotopic (exact) mass is 265 g/mol. The summed E-state index contributed by atoms with van der Waals surface area (Å²) in [4.78, 5) is 0. The molecule has 2 nitrogen and oxygen atoms in total. The van der Waals surface area contributed by atoms with E-state index < -0.39 is 0 Å². The van der Waals surface area contributed by atoms with Gasteiger partial charge in [-0.25, -0.2) is 4.39 Å². The number of anilines is 1. The van der Waals surface area contributed by atoms with Crippen LogP contribution in [0, 0.1) is 11.7 Å². The predicted molar refractivity (Wildman–Crippen MR) is 77.2 cm³/mol. The van der Waals surface area contributed by atoms with Crippen molar-refractivity contribution in [3.8, 4) is 5.75 Å². The molecule has 0 spiro atoms. The van der Waals surface area contributed by atoms with Crippen molar-refractivity contribution in [1.82, 2.24) is 0 Å². The van der Waals surface area contributed by atoms with E-state index in [4.69, 9.17) is 4.74 Å². The Balaban J connectivity index is 2.12. The van der Waals surface area contributed by atoms with E-state index in [0.717, 1.165) is 5.69 Å². The molecule has 0 heterocycles. The zero-order valence-electron chi connectivity index (χ0n) is 11.9. The molecule has 3 heteroatoms. The van der Waals surface area contributed by atoms with Crippen LogP contribution in [0.2, 0.25) is 0 Å². The van der Waals surface area contributed by atoms with Gasteiger partial charge in [-0.15, -0.1) is 0 Å². The van der Waals surface area contributed by atoms with E-state index in [1.54, 1.807) is 6.07 Å². The van der Waals surface area contributed by atoms with Crippen molar-refractivity contribution in [3.63, 3.8) is 0 Å². The zero-order valence-corrected chi connectivity index (χ0v) is 11.9. The predicted octanol–water partition coefficient (Wildman–Crippen LogP) is 4.61. The fraction of sp³-hybridized carbons (Fsp3) is 0.625. The minimum absolute atomic E-state index is 0.246. The van der Waals surface area contributed by atoms with Crippen molar-refractivity contribution >= 4 is 5.69 Å². The van der Waals surface area contributed by atoms with E-state index in [1.165, 1.54) is 44.2 Å². The van der Waals surface area contributed by atoms with Gasteiger partial charge in [0.25, 0.3) is 0 Å². The molecule has 2 atom stereocenters. The summed E-state index contributed by atoms with van der Waals surface area (Å²) in [6, 6.07) is 5.25. The molecule has 0 saturated heterocycles. The molecule has 2 rings (SSSR count). The third-order valence-corrected chi connectivity index (χ3v) is 4.02. The third-order valence-electron chi connectivity index (χ3n) is 4.02. The summed E-state index contributed by atoms with van der Waals surface area (Å²) in [5.41, 5.74) is 0.925. The highest BCUT2D eigenvalue weighted by Crippen LogP contribution is 2.33. The lowest BCUT2D eigenvalue weighted by molar-refractivity contribution is 0.313. The first-order chi connectivity index (χ1) is 9.24. The second-order valence-corrected chi connectivity index (χ2v) is 5.28. The normalized spacial score (nSPS) is 23.1. The smallest absolute Gasteiger partial charge is 0.145 e. The molecule has 19 heavy (non-hydrogen) atoms. The highest BCUT2D eigenvalue weighted by Gasteiger charge is 2.24. The average Bonchev–Trinajstić information content (AvgIpc) is 2.43. The number of rotatable bonds is 5. The Morgan fingerprint density at radius 3 is 2.79 bits per heavy atom. The number of halogens is 1. The zero-order chi connectivity index (χ0) is 13.7. The van der Waals surface area contributed by atoms with Crippen LogP contribution in [0.15, 0.2) is 18.2 Å². The molecule has 1 aromatic carbocycles. The topological polar surface area (TPSA) is 21.3 Å². The van der Waals surface area contributed by atoms with Crippen LogP contribution in [0.3, 0.4) is 0 Å². The number of hydrogen-bond acceptors (Lipinski definition) is 2. The molecule has 1 fully saturated rings. The maximum absolute atomic E-state index is 13.3. The van der Waals surface area contributed by atoms with Gasteiger partial charge in [0.05, 0.1) is 12.3 Å². The van der Waals surface area contributed by atoms with Crippen molar-refractivity contribution < 1.29 is 9.13 Å². The maximum atomic E-state index is 13.3. The first kappa shape index (κ1) is 14.2. The Morgan fingerprint density at radius 2 is 2.05 bits per heavy atom. The summed E-state index contributed by atoms with van der Waals surface area (Å²) in [5.74, 6) is 1.10. The largest absolute Gasteiger partial charge is 0.492 e. The number of benzene rings is 1. The molecule has 106 valence electrons. The van der Waals surface area contributed by atoms with Crippen LogP contribution < -0.4 is 10.1 Å². The van der Waals surface area contributed by atoms with Crippen LogP contribution in [0.5, 0.6) is 5.75 Å². The van der Waals surface area contributed by atoms with Crippen molar-refractivity contribution in [2.45, 2.75) is 52.0 Å². The number of hydrogen-bond donors (Lipinski definition) is 1. The van der Waals surface area contributed by atoms with Gasteiger partial charge in [-0.3, -0.25) is 0 Å². The lowest BCUT2D eigenvalue weighted by Gasteiger charge is -2.32. The van der Waals surface area contributed by atoms with Crippen LogP contribution in [0.1, 0.15) is 46.0 Å². The van der Waals surface area contributed by atoms with E-state index in [0.29, 0.717) is 24.3 Å². The van der Waals surface area contributed by atoms with Crippen LogP contribution in [0.25, 0.3) is 0 Å². The molecule has 2 unspecified atom stereocenters. The molecule has 1 saturated carbocycles. The number of ether oxygens (including phenoxy) is 1. The Kier molecular flexibility index (Phi) is 5.06. The van der Waals surface area contributed by atoms with Crippen LogP contribution in [-0.2, 0) is 0 Å². The highest BCUT2D eigenvalue weighted by atomic mass is 19.1. The van der Waals surface area contributed by atoms with Gasteiger partial charge in [-0.05, 0) is 37.8 Å². The standard InChI is InChI=1S/C16H24FNO/c1-3-12-7-5-6-8-14(12)18-15-10-9-13(17)11-16(15)19-4-2/h9-12,14,18H,3-8H2,1-2H3. The summed E-state index contributed by atoms with van der Waals surface area (Å²) in [7, 11) is 0. The van der Waals surface area contributed by atoms with Crippen molar-refractivity contribution in [2.75, 3.05) is 11.9 Å². The highest BCUT2D eigenvalue weighted by molar-refractivity contribution is 5.57. The van der Waals surface area contributed by atoms with Crippen molar-refractivity contribution in [1.29, 1.82) is 0 Å². The molecule has 0 amide bonds. The quantitative estimate of drug-likeness (QED) is 0.839. The van der Waals surface area contributed by atoms with E-state index in [2.05, 4.69) is 12.2 Å². The van der Waals surface area contributed by atoms with E-state index in [-0.39, 0.29) is 5.82 Å². The first-order valence-corrected chi connectivity index (χ1v) is 7.43. The van der Waals surface area contributed by atoms with Gasteiger partial charge < -0.3 is 10.1 Å². The fourth-order valence-corrected chi connectivity index (χ4v) is 2.98. The third kappa shape index (κ3) is 3.62. The summed E-state index contributed by atoms with van der Waals surface area (Å²) < 4.78 is 18.8. The molecule has 1 aliphatic rings. The van der Waals surface area contributed by atoms with Crippen LogP contribution in [-0.4, -0.2) is 12.6 Å². The van der Waals surface area contributed by atoms with Crippen molar-refractivity contribution in [3.05, 3.63) is 24.0 Å². The Hall–Kier alpha value is -1.25. The average molecular weight is 265 g/mol. The van der Waals surface area contributed by atoms with Gasteiger partial charge in [0.1, 0.15) is 11.6 Å². The molecule has 1 aliphatic carbocycles. The molecule has 1 aromatic rings. The SMILES string of the molecule is CCOc1cc(F)ccc1NC1CCCCC1CC. The summed E-state index contributed by atoms with van der Waals surface area (Å²) in [6.45, 7) is 4.73. The Morgan fingerprint density at radius 1 is 1.26 bits per heavy atom. The van der Waals surface area contributed by atoms with E-state index in [1.807, 2.05) is 6.92 Å². The van der Waals surface area contributed by atoms with Gasteiger partial charge in [0.2, 0.25) is 0 Å². The Bertz CT molecular complexity index is 408. The molecule has 0 aromatic heterocycles. The van der Waals surface area contributed by atoms with Crippen molar-refractivity contribution in [2.24, 2.45) is 5.92 Å². The molecular formula is C16H24FNO. The van der Waals surface area contributed by atoms with Gasteiger partial charge >= 0.3 is 0 Å². The maximum Gasteiger partial charge on any atom is 0.145 e. The minimum Gasteiger partial charge on any atom is -0.492 e.